The number of benzene rings is 1. The van der Waals surface area contributed by atoms with Crippen molar-refractivity contribution in [1.29, 1.82) is 5.26 Å². The van der Waals surface area contributed by atoms with E-state index in [1.165, 1.54) is 5.56 Å². The molecular weight excluding hydrogens is 236 g/mol. The topological polar surface area (TPSA) is 59.0 Å². The smallest absolute Gasteiger partial charge is 0.119 e. The minimum Gasteiger partial charge on any atom is -0.491 e. The summed E-state index contributed by atoms with van der Waals surface area (Å²) in [6.45, 7) is 8.05. The molecule has 3 atom stereocenters. The summed E-state index contributed by atoms with van der Waals surface area (Å²) in [5.41, 5.74) is 6.30. The van der Waals surface area contributed by atoms with E-state index in [9.17, 15) is 0 Å². The highest BCUT2D eigenvalue weighted by Gasteiger charge is 2.22. The Labute approximate surface area is 116 Å². The summed E-state index contributed by atoms with van der Waals surface area (Å²) in [4.78, 5) is 0. The Balaban J connectivity index is 2.61. The van der Waals surface area contributed by atoms with Crippen molar-refractivity contribution in [2.24, 2.45) is 5.73 Å². The number of hydrogen-bond donors (Lipinski definition) is 1. The van der Waals surface area contributed by atoms with Crippen LogP contribution in [0, 0.1) is 11.3 Å². The van der Waals surface area contributed by atoms with Crippen LogP contribution < -0.4 is 10.5 Å². The van der Waals surface area contributed by atoms with Crippen LogP contribution in [-0.2, 0) is 0 Å². The maximum absolute atomic E-state index is 8.90. The van der Waals surface area contributed by atoms with Crippen molar-refractivity contribution in [2.45, 2.75) is 58.1 Å². The van der Waals surface area contributed by atoms with Crippen molar-refractivity contribution in [3.05, 3.63) is 29.8 Å². The molecule has 1 aromatic carbocycles. The Morgan fingerprint density at radius 1 is 1.32 bits per heavy atom. The maximum atomic E-state index is 8.90. The van der Waals surface area contributed by atoms with Gasteiger partial charge in [-0.2, -0.15) is 5.26 Å². The molecule has 0 bridgehead atoms. The molecular formula is C16H24N2O. The van der Waals surface area contributed by atoms with Gasteiger partial charge in [0.15, 0.2) is 0 Å². The minimum absolute atomic E-state index is 0.0795. The zero-order valence-corrected chi connectivity index (χ0v) is 12.3. The molecule has 0 aliphatic rings. The van der Waals surface area contributed by atoms with E-state index >= 15 is 0 Å². The second-order valence-corrected chi connectivity index (χ2v) is 5.54. The SMILES string of the molecule is CCC(C)c1ccc(OC(C)CC(C)(N)C#N)cc1. The van der Waals surface area contributed by atoms with Gasteiger partial charge in [-0.3, -0.25) is 0 Å². The number of hydrogen-bond acceptors (Lipinski definition) is 3. The van der Waals surface area contributed by atoms with Crippen molar-refractivity contribution < 1.29 is 4.74 Å². The maximum Gasteiger partial charge on any atom is 0.119 e. The van der Waals surface area contributed by atoms with Crippen LogP contribution in [0.1, 0.15) is 52.0 Å². The van der Waals surface area contributed by atoms with Gasteiger partial charge in [-0.15, -0.1) is 0 Å². The molecule has 0 saturated heterocycles. The van der Waals surface area contributed by atoms with E-state index in [1.807, 2.05) is 19.1 Å². The fraction of sp³-hybridized carbons (Fsp3) is 0.562. The summed E-state index contributed by atoms with van der Waals surface area (Å²) < 4.78 is 5.79. The number of nitrogens with zero attached hydrogens (tertiary/aromatic N) is 1. The van der Waals surface area contributed by atoms with E-state index in [0.29, 0.717) is 12.3 Å². The summed E-state index contributed by atoms with van der Waals surface area (Å²) in [6.07, 6.45) is 1.56. The van der Waals surface area contributed by atoms with E-state index < -0.39 is 5.54 Å². The molecule has 0 fully saturated rings. The lowest BCUT2D eigenvalue weighted by Gasteiger charge is -2.22. The summed E-state index contributed by atoms with van der Waals surface area (Å²) in [5, 5.41) is 8.90. The van der Waals surface area contributed by atoms with Crippen LogP contribution in [0.25, 0.3) is 0 Å². The minimum atomic E-state index is -0.837. The zero-order valence-electron chi connectivity index (χ0n) is 12.3. The van der Waals surface area contributed by atoms with Crippen LogP contribution in [0.4, 0.5) is 0 Å². The molecule has 0 amide bonds. The highest BCUT2D eigenvalue weighted by atomic mass is 16.5. The first-order chi connectivity index (χ1) is 8.88. The molecule has 3 heteroatoms. The fourth-order valence-corrected chi connectivity index (χ4v) is 2.03. The summed E-state index contributed by atoms with van der Waals surface area (Å²) >= 11 is 0. The molecule has 0 saturated carbocycles. The molecule has 0 aliphatic heterocycles. The van der Waals surface area contributed by atoms with Gasteiger partial charge in [-0.1, -0.05) is 26.0 Å². The molecule has 3 unspecified atom stereocenters. The Hall–Kier alpha value is -1.53. The van der Waals surface area contributed by atoms with Gasteiger partial charge in [0.05, 0.1) is 12.2 Å². The molecule has 0 heterocycles. The molecule has 0 spiro atoms. The van der Waals surface area contributed by atoms with Gasteiger partial charge in [0.2, 0.25) is 0 Å². The van der Waals surface area contributed by atoms with Crippen LogP contribution in [0.15, 0.2) is 24.3 Å². The predicted octanol–water partition coefficient (Wildman–Crippen LogP) is 3.60. The monoisotopic (exact) mass is 260 g/mol. The quantitative estimate of drug-likeness (QED) is 0.850. The van der Waals surface area contributed by atoms with E-state index in [4.69, 9.17) is 15.7 Å². The average Bonchev–Trinajstić information content (AvgIpc) is 2.38. The molecule has 0 radical (unpaired) electrons. The summed E-state index contributed by atoms with van der Waals surface area (Å²) in [6, 6.07) is 10.3. The lowest BCUT2D eigenvalue weighted by molar-refractivity contribution is 0.191. The predicted molar refractivity (Wildman–Crippen MR) is 78.1 cm³/mol. The highest BCUT2D eigenvalue weighted by molar-refractivity contribution is 5.29. The zero-order chi connectivity index (χ0) is 14.5. The van der Waals surface area contributed by atoms with Crippen LogP contribution in [0.5, 0.6) is 5.75 Å². The molecule has 1 rings (SSSR count). The van der Waals surface area contributed by atoms with Gasteiger partial charge < -0.3 is 10.5 Å². The van der Waals surface area contributed by atoms with Crippen LogP contribution in [-0.4, -0.2) is 11.6 Å². The average molecular weight is 260 g/mol. The van der Waals surface area contributed by atoms with Crippen LogP contribution >= 0.6 is 0 Å². The third-order valence-corrected chi connectivity index (χ3v) is 3.37. The van der Waals surface area contributed by atoms with Crippen molar-refractivity contribution in [3.63, 3.8) is 0 Å². The normalized spacial score (nSPS) is 17.1. The first-order valence-corrected chi connectivity index (χ1v) is 6.84. The van der Waals surface area contributed by atoms with E-state index in [0.717, 1.165) is 12.2 Å². The van der Waals surface area contributed by atoms with Crippen molar-refractivity contribution in [2.75, 3.05) is 0 Å². The molecule has 1 aromatic rings. The van der Waals surface area contributed by atoms with Crippen molar-refractivity contribution >= 4 is 0 Å². The standard InChI is InChI=1S/C16H24N2O/c1-5-12(2)14-6-8-15(9-7-14)19-13(3)10-16(4,18)11-17/h6-9,12-13H,5,10,18H2,1-4H3. The van der Waals surface area contributed by atoms with Crippen LogP contribution in [0.2, 0.25) is 0 Å². The van der Waals surface area contributed by atoms with Crippen molar-refractivity contribution in [1.82, 2.24) is 0 Å². The summed E-state index contributed by atoms with van der Waals surface area (Å²) in [5.74, 6) is 1.39. The first-order valence-electron chi connectivity index (χ1n) is 6.84. The third kappa shape index (κ3) is 4.92. The largest absolute Gasteiger partial charge is 0.491 e. The molecule has 19 heavy (non-hydrogen) atoms. The second-order valence-electron chi connectivity index (χ2n) is 5.54. The number of rotatable bonds is 6. The van der Waals surface area contributed by atoms with Gasteiger partial charge in [0.1, 0.15) is 11.3 Å². The Morgan fingerprint density at radius 2 is 1.89 bits per heavy atom. The second kappa shape index (κ2) is 6.58. The molecule has 0 aliphatic carbocycles. The Kier molecular flexibility index (Phi) is 5.38. The Morgan fingerprint density at radius 3 is 2.37 bits per heavy atom. The number of ether oxygens (including phenoxy) is 1. The van der Waals surface area contributed by atoms with Gasteiger partial charge in [0, 0.05) is 6.42 Å². The van der Waals surface area contributed by atoms with E-state index in [2.05, 4.69) is 32.0 Å². The molecule has 2 N–H and O–H groups in total. The van der Waals surface area contributed by atoms with Crippen molar-refractivity contribution in [3.8, 4) is 11.8 Å². The number of nitriles is 1. The molecule has 0 aromatic heterocycles. The van der Waals surface area contributed by atoms with Crippen LogP contribution in [0.3, 0.4) is 0 Å². The van der Waals surface area contributed by atoms with E-state index in [-0.39, 0.29) is 6.10 Å². The fourth-order valence-electron chi connectivity index (χ4n) is 2.03. The van der Waals surface area contributed by atoms with Gasteiger partial charge in [-0.05, 0) is 43.9 Å². The van der Waals surface area contributed by atoms with Gasteiger partial charge >= 0.3 is 0 Å². The van der Waals surface area contributed by atoms with Gasteiger partial charge in [-0.25, -0.2) is 0 Å². The Bertz CT molecular complexity index is 431. The highest BCUT2D eigenvalue weighted by Crippen LogP contribution is 2.23. The lowest BCUT2D eigenvalue weighted by atomic mass is 9.98. The molecule has 3 nitrogen and oxygen atoms in total. The van der Waals surface area contributed by atoms with Gasteiger partial charge in [0.25, 0.3) is 0 Å². The molecule has 104 valence electrons. The first kappa shape index (κ1) is 15.5. The summed E-state index contributed by atoms with van der Waals surface area (Å²) in [7, 11) is 0. The number of nitrogens with two attached hydrogens (primary N) is 1. The van der Waals surface area contributed by atoms with E-state index in [1.54, 1.807) is 6.92 Å². The lowest BCUT2D eigenvalue weighted by Crippen LogP contribution is -2.38. The third-order valence-electron chi connectivity index (χ3n) is 3.37.